The summed E-state index contributed by atoms with van der Waals surface area (Å²) in [7, 11) is 0. The van der Waals surface area contributed by atoms with Gasteiger partial charge in [-0.15, -0.1) is 0 Å². The van der Waals surface area contributed by atoms with Crippen LogP contribution in [0.25, 0.3) is 10.9 Å². The van der Waals surface area contributed by atoms with Crippen LogP contribution in [0, 0.1) is 0 Å². The Hall–Kier alpha value is -2.30. The number of aromatic amines is 1. The molecule has 23 heavy (non-hydrogen) atoms. The smallest absolute Gasteiger partial charge is 0.305 e. The van der Waals surface area contributed by atoms with Crippen LogP contribution in [0.5, 0.6) is 0 Å². The third-order valence-corrected chi connectivity index (χ3v) is 3.71. The first-order valence-corrected chi connectivity index (χ1v) is 8.18. The molecule has 2 aromatic rings. The summed E-state index contributed by atoms with van der Waals surface area (Å²) >= 11 is 0. The highest BCUT2D eigenvalue weighted by molar-refractivity contribution is 5.88. The lowest BCUT2D eigenvalue weighted by atomic mass is 10.1. The van der Waals surface area contributed by atoms with Gasteiger partial charge in [-0.05, 0) is 31.4 Å². The molecule has 0 radical (unpaired) electrons. The summed E-state index contributed by atoms with van der Waals surface area (Å²) in [5.74, 6) is -0.115. The van der Waals surface area contributed by atoms with Crippen LogP contribution < -0.4 is 5.32 Å². The van der Waals surface area contributed by atoms with Gasteiger partial charge in [-0.3, -0.25) is 9.59 Å². The van der Waals surface area contributed by atoms with Crippen LogP contribution in [0.1, 0.15) is 38.2 Å². The minimum Gasteiger partial charge on any atom is -0.466 e. The number of nitrogens with one attached hydrogen (secondary N) is 2. The Balaban J connectivity index is 1.63. The van der Waals surface area contributed by atoms with E-state index in [2.05, 4.69) is 10.3 Å². The monoisotopic (exact) mass is 316 g/mol. The highest BCUT2D eigenvalue weighted by atomic mass is 16.5. The average Bonchev–Trinajstić information content (AvgIpc) is 2.94. The number of rotatable bonds is 9. The number of H-pyrrole nitrogens is 1. The van der Waals surface area contributed by atoms with Gasteiger partial charge in [0.15, 0.2) is 0 Å². The molecule has 0 saturated carbocycles. The third-order valence-electron chi connectivity index (χ3n) is 3.71. The minimum absolute atomic E-state index is 0.0279. The Bertz CT molecular complexity index is 649. The Morgan fingerprint density at radius 1 is 1.17 bits per heavy atom. The zero-order chi connectivity index (χ0) is 16.5. The number of para-hydroxylation sites is 1. The van der Waals surface area contributed by atoms with Crippen molar-refractivity contribution >= 4 is 22.8 Å². The van der Waals surface area contributed by atoms with Crippen molar-refractivity contribution in [2.75, 3.05) is 13.2 Å². The number of unbranched alkanes of at least 4 members (excludes halogenated alkanes) is 2. The molecule has 0 spiro atoms. The molecule has 1 aromatic heterocycles. The van der Waals surface area contributed by atoms with Crippen molar-refractivity contribution in [3.8, 4) is 0 Å². The number of aromatic nitrogens is 1. The molecule has 2 N–H and O–H groups in total. The van der Waals surface area contributed by atoms with E-state index in [1.807, 2.05) is 30.5 Å². The maximum Gasteiger partial charge on any atom is 0.305 e. The third kappa shape index (κ3) is 5.43. The fraction of sp³-hybridized carbons (Fsp3) is 0.444. The first kappa shape index (κ1) is 17.1. The van der Waals surface area contributed by atoms with E-state index in [1.54, 1.807) is 6.92 Å². The molecule has 0 saturated heterocycles. The highest BCUT2D eigenvalue weighted by Gasteiger charge is 2.08. The molecule has 0 atom stereocenters. The van der Waals surface area contributed by atoms with Gasteiger partial charge < -0.3 is 15.0 Å². The minimum atomic E-state index is -0.143. The van der Waals surface area contributed by atoms with Crippen molar-refractivity contribution in [1.29, 1.82) is 0 Å². The molecule has 124 valence electrons. The van der Waals surface area contributed by atoms with Gasteiger partial charge in [-0.2, -0.15) is 0 Å². The zero-order valence-corrected chi connectivity index (χ0v) is 13.6. The summed E-state index contributed by atoms with van der Waals surface area (Å²) in [4.78, 5) is 26.3. The largest absolute Gasteiger partial charge is 0.466 e. The van der Waals surface area contributed by atoms with Crippen LogP contribution in [0.3, 0.4) is 0 Å². The van der Waals surface area contributed by atoms with Gasteiger partial charge in [0.05, 0.1) is 13.0 Å². The number of amides is 1. The van der Waals surface area contributed by atoms with Gasteiger partial charge in [-0.25, -0.2) is 0 Å². The van der Waals surface area contributed by atoms with Gasteiger partial charge in [0.2, 0.25) is 5.91 Å². The number of ether oxygens (including phenoxy) is 1. The lowest BCUT2D eigenvalue weighted by Crippen LogP contribution is -2.26. The Morgan fingerprint density at radius 2 is 2.00 bits per heavy atom. The topological polar surface area (TPSA) is 71.2 Å². The lowest BCUT2D eigenvalue weighted by Gasteiger charge is -2.05. The number of fused-ring (bicyclic) bond motifs is 1. The number of esters is 1. The van der Waals surface area contributed by atoms with E-state index in [9.17, 15) is 9.59 Å². The first-order chi connectivity index (χ1) is 11.2. The van der Waals surface area contributed by atoms with Gasteiger partial charge in [0, 0.05) is 30.1 Å². The van der Waals surface area contributed by atoms with Crippen molar-refractivity contribution in [3.05, 3.63) is 36.0 Å². The predicted octanol–water partition coefficient (Wildman–Crippen LogP) is 2.95. The second kappa shape index (κ2) is 8.98. The van der Waals surface area contributed by atoms with Crippen molar-refractivity contribution in [1.82, 2.24) is 10.3 Å². The molecular weight excluding hydrogens is 292 g/mol. The van der Waals surface area contributed by atoms with Crippen LogP contribution >= 0.6 is 0 Å². The Kier molecular flexibility index (Phi) is 6.66. The quantitative estimate of drug-likeness (QED) is 0.552. The zero-order valence-electron chi connectivity index (χ0n) is 13.6. The molecule has 1 heterocycles. The van der Waals surface area contributed by atoms with Gasteiger partial charge in [0.25, 0.3) is 0 Å². The second-order valence-corrected chi connectivity index (χ2v) is 5.50. The normalized spacial score (nSPS) is 10.7. The lowest BCUT2D eigenvalue weighted by molar-refractivity contribution is -0.143. The molecule has 2 rings (SSSR count). The van der Waals surface area contributed by atoms with E-state index in [0.29, 0.717) is 26.0 Å². The summed E-state index contributed by atoms with van der Waals surface area (Å²) in [5, 5.41) is 4.02. The molecule has 1 amide bonds. The van der Waals surface area contributed by atoms with Crippen molar-refractivity contribution < 1.29 is 14.3 Å². The van der Waals surface area contributed by atoms with Gasteiger partial charge in [0.1, 0.15) is 0 Å². The Labute approximate surface area is 136 Å². The molecular formula is C18H24N2O3. The predicted molar refractivity (Wildman–Crippen MR) is 90.1 cm³/mol. The van der Waals surface area contributed by atoms with E-state index < -0.39 is 0 Å². The maximum atomic E-state index is 12.0. The van der Waals surface area contributed by atoms with Crippen molar-refractivity contribution in [2.45, 2.75) is 39.0 Å². The molecule has 0 aliphatic carbocycles. The SMILES string of the molecule is CCOC(=O)CCCCCNC(=O)Cc1c[nH]c2ccccc12. The summed E-state index contributed by atoms with van der Waals surface area (Å²) in [6, 6.07) is 7.96. The summed E-state index contributed by atoms with van der Waals surface area (Å²) in [5.41, 5.74) is 2.06. The van der Waals surface area contributed by atoms with Crippen LogP contribution in [0.4, 0.5) is 0 Å². The summed E-state index contributed by atoms with van der Waals surface area (Å²) in [6.45, 7) is 2.88. The molecule has 0 aliphatic heterocycles. The van der Waals surface area contributed by atoms with E-state index in [4.69, 9.17) is 4.74 Å². The maximum absolute atomic E-state index is 12.0. The van der Waals surface area contributed by atoms with Crippen LogP contribution in [-0.2, 0) is 20.7 Å². The number of hydrogen-bond acceptors (Lipinski definition) is 3. The molecule has 5 nitrogen and oxygen atoms in total. The van der Waals surface area contributed by atoms with Crippen molar-refractivity contribution in [2.24, 2.45) is 0 Å². The molecule has 5 heteroatoms. The van der Waals surface area contributed by atoms with Crippen molar-refractivity contribution in [3.63, 3.8) is 0 Å². The van der Waals surface area contributed by atoms with E-state index in [1.165, 1.54) is 0 Å². The number of carbonyl (C=O) groups is 2. The Morgan fingerprint density at radius 3 is 2.83 bits per heavy atom. The van der Waals surface area contributed by atoms with Gasteiger partial charge in [-0.1, -0.05) is 24.6 Å². The molecule has 1 aromatic carbocycles. The number of carbonyl (C=O) groups excluding carboxylic acids is 2. The fourth-order valence-corrected chi connectivity index (χ4v) is 2.55. The fourth-order valence-electron chi connectivity index (χ4n) is 2.55. The number of benzene rings is 1. The van der Waals surface area contributed by atoms with E-state index >= 15 is 0 Å². The van der Waals surface area contributed by atoms with Crippen LogP contribution in [0.2, 0.25) is 0 Å². The number of hydrogen-bond donors (Lipinski definition) is 2. The van der Waals surface area contributed by atoms with E-state index in [0.717, 1.165) is 35.7 Å². The average molecular weight is 316 g/mol. The van der Waals surface area contributed by atoms with Crippen LogP contribution in [0.15, 0.2) is 30.5 Å². The highest BCUT2D eigenvalue weighted by Crippen LogP contribution is 2.17. The second-order valence-electron chi connectivity index (χ2n) is 5.50. The molecule has 0 aliphatic rings. The molecule has 0 bridgehead atoms. The summed E-state index contributed by atoms with van der Waals surface area (Å²) < 4.78 is 4.87. The van der Waals surface area contributed by atoms with E-state index in [-0.39, 0.29) is 11.9 Å². The van der Waals surface area contributed by atoms with Gasteiger partial charge >= 0.3 is 5.97 Å². The summed E-state index contributed by atoms with van der Waals surface area (Å²) in [6.07, 6.45) is 5.32. The molecule has 0 unspecified atom stereocenters. The first-order valence-electron chi connectivity index (χ1n) is 8.18. The molecule has 0 fully saturated rings. The van der Waals surface area contributed by atoms with Crippen LogP contribution in [-0.4, -0.2) is 30.0 Å². The standard InChI is InChI=1S/C18H24N2O3/c1-2-23-18(22)10-4-3-7-11-19-17(21)12-14-13-20-16-9-6-5-8-15(14)16/h5-6,8-9,13,20H,2-4,7,10-12H2,1H3,(H,19,21).